The Morgan fingerprint density at radius 1 is 1.18 bits per heavy atom. The number of primary amides is 1. The number of alkyl halides is 3. The second kappa shape index (κ2) is 12.3. The van der Waals surface area contributed by atoms with Crippen molar-refractivity contribution in [1.29, 1.82) is 0 Å². The van der Waals surface area contributed by atoms with E-state index in [2.05, 4.69) is 4.99 Å². The van der Waals surface area contributed by atoms with E-state index in [1.165, 1.54) is 12.1 Å². The SMILES string of the molecule is CC(CC1=C(C(N)=O)N(c2cccc(F)c2)C(c2c(F)cc(OCCCN(C)C)cc2F)C(Cl)=N1)C(F)(F)F. The lowest BCUT2D eigenvalue weighted by Crippen LogP contribution is -2.42. The maximum atomic E-state index is 15.4. The summed E-state index contributed by atoms with van der Waals surface area (Å²) < 4.78 is 90.6. The third-order valence-electron chi connectivity index (χ3n) is 5.96. The number of anilines is 1. The molecule has 2 atom stereocenters. The highest BCUT2D eigenvalue weighted by Crippen LogP contribution is 2.43. The maximum Gasteiger partial charge on any atom is 0.391 e. The summed E-state index contributed by atoms with van der Waals surface area (Å²) in [6, 6.07) is 4.67. The summed E-state index contributed by atoms with van der Waals surface area (Å²) in [5.74, 6) is -6.39. The number of aliphatic imine (C=N–C) groups is 1. The van der Waals surface area contributed by atoms with Crippen LogP contribution in [0.5, 0.6) is 5.75 Å². The molecule has 2 N–H and O–H groups in total. The van der Waals surface area contributed by atoms with Gasteiger partial charge in [-0.25, -0.2) is 18.2 Å². The van der Waals surface area contributed by atoms with Gasteiger partial charge in [-0.15, -0.1) is 0 Å². The molecule has 0 fully saturated rings. The lowest BCUT2D eigenvalue weighted by molar-refractivity contribution is -0.169. The number of hydrogen-bond donors (Lipinski definition) is 1. The van der Waals surface area contributed by atoms with Gasteiger partial charge in [0.2, 0.25) is 0 Å². The summed E-state index contributed by atoms with van der Waals surface area (Å²) in [5.41, 5.74) is 3.66. The number of carbonyl (C=O) groups is 1. The van der Waals surface area contributed by atoms with Crippen molar-refractivity contribution < 1.29 is 35.9 Å². The van der Waals surface area contributed by atoms with E-state index in [1.54, 1.807) is 0 Å². The number of nitrogens with two attached hydrogens (primary N) is 1. The van der Waals surface area contributed by atoms with Gasteiger partial charge in [0, 0.05) is 30.8 Å². The zero-order valence-electron chi connectivity index (χ0n) is 21.3. The molecule has 2 unspecified atom stereocenters. The first kappa shape index (κ1) is 30.3. The molecule has 1 heterocycles. The molecule has 0 saturated carbocycles. The quantitative estimate of drug-likeness (QED) is 0.282. The number of ether oxygens (including phenoxy) is 1. The van der Waals surface area contributed by atoms with Gasteiger partial charge < -0.3 is 20.3 Å². The molecule has 2 aromatic carbocycles. The predicted molar refractivity (Wildman–Crippen MR) is 136 cm³/mol. The van der Waals surface area contributed by atoms with Crippen LogP contribution in [-0.4, -0.2) is 49.4 Å². The summed E-state index contributed by atoms with van der Waals surface area (Å²) in [4.78, 5) is 19.3. The van der Waals surface area contributed by atoms with Crippen LogP contribution in [0.1, 0.15) is 31.4 Å². The van der Waals surface area contributed by atoms with Crippen LogP contribution in [0.4, 0.5) is 32.0 Å². The summed E-state index contributed by atoms with van der Waals surface area (Å²) in [6.45, 7) is 1.72. The van der Waals surface area contributed by atoms with Crippen LogP contribution in [0.15, 0.2) is 52.8 Å². The van der Waals surface area contributed by atoms with Crippen molar-refractivity contribution in [3.8, 4) is 5.75 Å². The Labute approximate surface area is 226 Å². The van der Waals surface area contributed by atoms with E-state index in [0.29, 0.717) is 13.0 Å². The fourth-order valence-corrected chi connectivity index (χ4v) is 4.36. The van der Waals surface area contributed by atoms with Crippen LogP contribution in [0.25, 0.3) is 0 Å². The van der Waals surface area contributed by atoms with Crippen LogP contribution in [0, 0.1) is 23.4 Å². The van der Waals surface area contributed by atoms with Gasteiger partial charge in [-0.2, -0.15) is 13.2 Å². The van der Waals surface area contributed by atoms with E-state index < -0.39 is 70.0 Å². The minimum atomic E-state index is -4.65. The molecular formula is C26H27ClF6N4O2. The number of carbonyl (C=O) groups excluding carboxylic acids is 1. The Morgan fingerprint density at radius 3 is 2.36 bits per heavy atom. The minimum Gasteiger partial charge on any atom is -0.493 e. The Morgan fingerprint density at radius 2 is 1.82 bits per heavy atom. The molecule has 3 rings (SSSR count). The average Bonchev–Trinajstić information content (AvgIpc) is 2.81. The first-order chi connectivity index (χ1) is 18.2. The second-order valence-corrected chi connectivity index (χ2v) is 9.69. The Kier molecular flexibility index (Phi) is 9.55. The highest BCUT2D eigenvalue weighted by Gasteiger charge is 2.42. The number of allylic oxidation sites excluding steroid dienone is 1. The highest BCUT2D eigenvalue weighted by molar-refractivity contribution is 6.67. The maximum absolute atomic E-state index is 15.4. The van der Waals surface area contributed by atoms with Crippen molar-refractivity contribution in [3.05, 3.63) is 70.8 Å². The second-order valence-electron chi connectivity index (χ2n) is 9.30. The van der Waals surface area contributed by atoms with Gasteiger partial charge in [0.25, 0.3) is 5.91 Å². The molecule has 1 amide bonds. The van der Waals surface area contributed by atoms with Crippen molar-refractivity contribution in [2.75, 3.05) is 32.1 Å². The van der Waals surface area contributed by atoms with Crippen molar-refractivity contribution in [3.63, 3.8) is 0 Å². The Hall–Kier alpha value is -3.25. The van der Waals surface area contributed by atoms with Gasteiger partial charge in [0.05, 0.1) is 23.8 Å². The highest BCUT2D eigenvalue weighted by atomic mass is 35.5. The zero-order chi connectivity index (χ0) is 29.1. The molecule has 0 radical (unpaired) electrons. The van der Waals surface area contributed by atoms with E-state index in [-0.39, 0.29) is 18.0 Å². The molecule has 0 spiro atoms. The summed E-state index contributed by atoms with van der Waals surface area (Å²) >= 11 is 6.36. The van der Waals surface area contributed by atoms with Gasteiger partial charge in [-0.3, -0.25) is 4.79 Å². The molecule has 39 heavy (non-hydrogen) atoms. The Bertz CT molecular complexity index is 1260. The fraction of sp³-hybridized carbons (Fsp3) is 0.385. The topological polar surface area (TPSA) is 71.2 Å². The van der Waals surface area contributed by atoms with Crippen LogP contribution >= 0.6 is 11.6 Å². The predicted octanol–water partition coefficient (Wildman–Crippen LogP) is 5.92. The molecule has 0 aliphatic carbocycles. The molecule has 2 aromatic rings. The van der Waals surface area contributed by atoms with E-state index in [0.717, 1.165) is 36.1 Å². The molecule has 212 valence electrons. The molecule has 13 heteroatoms. The van der Waals surface area contributed by atoms with Crippen LogP contribution in [0.3, 0.4) is 0 Å². The number of halogens is 7. The molecule has 0 saturated heterocycles. The molecular weight excluding hydrogens is 550 g/mol. The van der Waals surface area contributed by atoms with Crippen LogP contribution < -0.4 is 15.4 Å². The number of nitrogens with zero attached hydrogens (tertiary/aromatic N) is 3. The lowest BCUT2D eigenvalue weighted by atomic mass is 9.97. The summed E-state index contributed by atoms with van der Waals surface area (Å²) in [5, 5.41) is -0.550. The standard InChI is InChI=1S/C26H27ClF6N4O2/c1-14(26(31,32)33)10-20-22(25(34)38)37(16-7-4-6-15(28)11-16)23(24(27)35-20)21-18(29)12-17(13-19(21)30)39-9-5-8-36(2)3/h4,6-7,11-14,23H,5,8-10H2,1-3H3,(H2,34,38). The van der Waals surface area contributed by atoms with E-state index in [9.17, 15) is 22.4 Å². The third kappa shape index (κ3) is 7.24. The number of rotatable bonds is 10. The van der Waals surface area contributed by atoms with E-state index >= 15 is 8.78 Å². The monoisotopic (exact) mass is 576 g/mol. The number of hydrogen-bond acceptors (Lipinski definition) is 5. The van der Waals surface area contributed by atoms with E-state index in [1.807, 2.05) is 19.0 Å². The van der Waals surface area contributed by atoms with Crippen molar-refractivity contribution >= 4 is 28.4 Å². The zero-order valence-corrected chi connectivity index (χ0v) is 22.1. The first-order valence-corrected chi connectivity index (χ1v) is 12.2. The van der Waals surface area contributed by atoms with Crippen molar-refractivity contribution in [2.45, 2.75) is 32.0 Å². The Balaban J connectivity index is 2.14. The van der Waals surface area contributed by atoms with Gasteiger partial charge in [-0.05, 0) is 38.7 Å². The van der Waals surface area contributed by atoms with Crippen LogP contribution in [-0.2, 0) is 4.79 Å². The molecule has 1 aliphatic rings. The average molecular weight is 577 g/mol. The number of benzene rings is 2. The van der Waals surface area contributed by atoms with Crippen molar-refractivity contribution in [2.24, 2.45) is 16.6 Å². The molecule has 0 bridgehead atoms. The van der Waals surface area contributed by atoms with Crippen molar-refractivity contribution in [1.82, 2.24) is 4.90 Å². The van der Waals surface area contributed by atoms with Gasteiger partial charge in [-0.1, -0.05) is 24.6 Å². The first-order valence-electron chi connectivity index (χ1n) is 11.9. The number of amides is 1. The van der Waals surface area contributed by atoms with Gasteiger partial charge >= 0.3 is 6.18 Å². The normalized spacial score (nSPS) is 16.9. The lowest BCUT2D eigenvalue weighted by Gasteiger charge is -2.38. The van der Waals surface area contributed by atoms with Crippen LogP contribution in [0.2, 0.25) is 0 Å². The molecule has 1 aliphatic heterocycles. The fourth-order valence-electron chi connectivity index (χ4n) is 4.06. The smallest absolute Gasteiger partial charge is 0.391 e. The van der Waals surface area contributed by atoms with Gasteiger partial charge in [0.15, 0.2) is 0 Å². The summed E-state index contributed by atoms with van der Waals surface area (Å²) in [7, 11) is 3.72. The van der Waals surface area contributed by atoms with E-state index in [4.69, 9.17) is 22.1 Å². The summed E-state index contributed by atoms with van der Waals surface area (Å²) in [6.07, 6.45) is -4.89. The third-order valence-corrected chi connectivity index (χ3v) is 6.25. The molecule has 0 aromatic heterocycles. The molecule has 6 nitrogen and oxygen atoms in total. The minimum absolute atomic E-state index is 0.112. The van der Waals surface area contributed by atoms with Gasteiger partial charge in [0.1, 0.15) is 40.1 Å². The largest absolute Gasteiger partial charge is 0.493 e.